The number of amides is 2. The SMILES string of the molecule is C[C@H](NC(=O)N[C@H](C)c1ccccn1)c1cccc(-n2ccnc2)c1. The van der Waals surface area contributed by atoms with E-state index in [1.54, 1.807) is 18.7 Å². The van der Waals surface area contributed by atoms with Crippen LogP contribution in [-0.2, 0) is 0 Å². The van der Waals surface area contributed by atoms with Crippen LogP contribution < -0.4 is 10.6 Å². The van der Waals surface area contributed by atoms with Crippen molar-refractivity contribution in [2.24, 2.45) is 0 Å². The Balaban J connectivity index is 1.63. The molecule has 2 amide bonds. The molecule has 0 saturated carbocycles. The summed E-state index contributed by atoms with van der Waals surface area (Å²) >= 11 is 0. The van der Waals surface area contributed by atoms with Crippen LogP contribution in [0.25, 0.3) is 5.69 Å². The zero-order valence-corrected chi connectivity index (χ0v) is 14.3. The molecule has 0 aliphatic carbocycles. The van der Waals surface area contributed by atoms with E-state index < -0.39 is 0 Å². The largest absolute Gasteiger partial charge is 0.332 e. The first kappa shape index (κ1) is 16.7. The molecule has 25 heavy (non-hydrogen) atoms. The number of rotatable bonds is 5. The summed E-state index contributed by atoms with van der Waals surface area (Å²) in [6.07, 6.45) is 7.09. The quantitative estimate of drug-likeness (QED) is 0.751. The van der Waals surface area contributed by atoms with Crippen molar-refractivity contribution < 1.29 is 4.79 Å². The van der Waals surface area contributed by atoms with Crippen molar-refractivity contribution >= 4 is 6.03 Å². The van der Waals surface area contributed by atoms with Gasteiger partial charge in [-0.3, -0.25) is 4.98 Å². The van der Waals surface area contributed by atoms with Crippen LogP contribution in [0.2, 0.25) is 0 Å². The minimum atomic E-state index is -0.223. The van der Waals surface area contributed by atoms with Gasteiger partial charge in [0, 0.05) is 24.3 Å². The highest BCUT2D eigenvalue weighted by Gasteiger charge is 2.14. The minimum Gasteiger partial charge on any atom is -0.332 e. The van der Waals surface area contributed by atoms with Crippen molar-refractivity contribution in [1.29, 1.82) is 0 Å². The molecule has 0 spiro atoms. The molecule has 2 atom stereocenters. The zero-order valence-electron chi connectivity index (χ0n) is 14.3. The maximum Gasteiger partial charge on any atom is 0.315 e. The molecule has 6 heteroatoms. The maximum atomic E-state index is 12.3. The molecule has 2 aromatic heterocycles. The Morgan fingerprint density at radius 2 is 1.88 bits per heavy atom. The Morgan fingerprint density at radius 1 is 1.04 bits per heavy atom. The lowest BCUT2D eigenvalue weighted by Crippen LogP contribution is -2.38. The van der Waals surface area contributed by atoms with Crippen molar-refractivity contribution in [3.63, 3.8) is 0 Å². The number of imidazole rings is 1. The van der Waals surface area contributed by atoms with E-state index in [1.807, 2.05) is 67.1 Å². The fourth-order valence-electron chi connectivity index (χ4n) is 2.59. The highest BCUT2D eigenvalue weighted by molar-refractivity contribution is 5.74. The Hall–Kier alpha value is -3.15. The molecular formula is C19H21N5O. The standard InChI is InChI=1S/C19H21N5O/c1-14(16-6-5-7-17(12-16)24-11-10-20-13-24)22-19(25)23-15(2)18-8-3-4-9-21-18/h3-15H,1-2H3,(H2,22,23,25)/t14-,15+/m0/s1. The Morgan fingerprint density at radius 3 is 2.60 bits per heavy atom. The van der Waals surface area contributed by atoms with Gasteiger partial charge in [-0.25, -0.2) is 9.78 Å². The summed E-state index contributed by atoms with van der Waals surface area (Å²) in [5.74, 6) is 0. The molecule has 1 aromatic carbocycles. The number of hydrogen-bond acceptors (Lipinski definition) is 3. The van der Waals surface area contributed by atoms with Crippen LogP contribution in [-0.4, -0.2) is 20.6 Å². The summed E-state index contributed by atoms with van der Waals surface area (Å²) in [6, 6.07) is 13.1. The lowest BCUT2D eigenvalue weighted by atomic mass is 10.1. The Bertz CT molecular complexity index is 817. The number of carbonyl (C=O) groups excluding carboxylic acids is 1. The van der Waals surface area contributed by atoms with Gasteiger partial charge in [-0.15, -0.1) is 0 Å². The van der Waals surface area contributed by atoms with Gasteiger partial charge in [0.2, 0.25) is 0 Å². The van der Waals surface area contributed by atoms with Crippen LogP contribution in [0.15, 0.2) is 67.4 Å². The van der Waals surface area contributed by atoms with Crippen molar-refractivity contribution in [1.82, 2.24) is 25.2 Å². The Kier molecular flexibility index (Phi) is 5.09. The van der Waals surface area contributed by atoms with E-state index >= 15 is 0 Å². The van der Waals surface area contributed by atoms with Crippen LogP contribution in [0.1, 0.15) is 37.2 Å². The summed E-state index contributed by atoms with van der Waals surface area (Å²) in [6.45, 7) is 3.87. The molecule has 3 rings (SSSR count). The fraction of sp³-hybridized carbons (Fsp3) is 0.211. The number of nitrogens with one attached hydrogen (secondary N) is 2. The smallest absolute Gasteiger partial charge is 0.315 e. The van der Waals surface area contributed by atoms with Crippen LogP contribution in [0.4, 0.5) is 4.79 Å². The molecule has 3 aromatic rings. The van der Waals surface area contributed by atoms with E-state index in [2.05, 4.69) is 20.6 Å². The van der Waals surface area contributed by atoms with Crippen LogP contribution in [0.5, 0.6) is 0 Å². The van der Waals surface area contributed by atoms with Gasteiger partial charge in [0.25, 0.3) is 0 Å². The van der Waals surface area contributed by atoms with Crippen molar-refractivity contribution in [3.8, 4) is 5.69 Å². The summed E-state index contributed by atoms with van der Waals surface area (Å²) in [4.78, 5) is 20.6. The van der Waals surface area contributed by atoms with Gasteiger partial charge >= 0.3 is 6.03 Å². The van der Waals surface area contributed by atoms with Gasteiger partial charge in [-0.2, -0.15) is 0 Å². The van der Waals surface area contributed by atoms with Crippen LogP contribution >= 0.6 is 0 Å². The van der Waals surface area contributed by atoms with Crippen molar-refractivity contribution in [2.45, 2.75) is 25.9 Å². The Labute approximate surface area is 146 Å². The molecule has 0 radical (unpaired) electrons. The highest BCUT2D eigenvalue weighted by atomic mass is 16.2. The number of nitrogens with zero attached hydrogens (tertiary/aromatic N) is 3. The first-order chi connectivity index (χ1) is 12.1. The van der Waals surface area contributed by atoms with Gasteiger partial charge < -0.3 is 15.2 Å². The number of carbonyl (C=O) groups is 1. The summed E-state index contributed by atoms with van der Waals surface area (Å²) in [5, 5.41) is 5.88. The van der Waals surface area contributed by atoms with Crippen molar-refractivity contribution in [3.05, 3.63) is 78.6 Å². The van der Waals surface area contributed by atoms with Crippen molar-refractivity contribution in [2.75, 3.05) is 0 Å². The molecule has 0 saturated heterocycles. The maximum absolute atomic E-state index is 12.3. The van der Waals surface area contributed by atoms with Gasteiger partial charge in [-0.05, 0) is 43.7 Å². The van der Waals surface area contributed by atoms with E-state index in [0.717, 1.165) is 16.9 Å². The van der Waals surface area contributed by atoms with Crippen LogP contribution in [0, 0.1) is 0 Å². The number of pyridine rings is 1. The number of aromatic nitrogens is 3. The van der Waals surface area contributed by atoms with Gasteiger partial charge in [0.05, 0.1) is 24.1 Å². The molecule has 0 fully saturated rings. The summed E-state index contributed by atoms with van der Waals surface area (Å²) in [5.41, 5.74) is 2.85. The molecule has 2 heterocycles. The van der Waals surface area contributed by atoms with E-state index in [1.165, 1.54) is 0 Å². The topological polar surface area (TPSA) is 71.8 Å². The summed E-state index contributed by atoms with van der Waals surface area (Å²) < 4.78 is 1.93. The first-order valence-electron chi connectivity index (χ1n) is 8.20. The second kappa shape index (κ2) is 7.61. The molecule has 128 valence electrons. The molecule has 0 aliphatic heterocycles. The number of benzene rings is 1. The molecule has 2 N–H and O–H groups in total. The second-order valence-electron chi connectivity index (χ2n) is 5.88. The summed E-state index contributed by atoms with van der Waals surface area (Å²) in [7, 11) is 0. The van der Waals surface area contributed by atoms with Gasteiger partial charge in [-0.1, -0.05) is 18.2 Å². The molecule has 0 aliphatic rings. The number of urea groups is 1. The predicted octanol–water partition coefficient (Wildman–Crippen LogP) is 3.39. The molecule has 0 unspecified atom stereocenters. The van der Waals surface area contributed by atoms with E-state index in [9.17, 15) is 4.79 Å². The third-order valence-corrected chi connectivity index (χ3v) is 4.00. The van der Waals surface area contributed by atoms with E-state index in [-0.39, 0.29) is 18.1 Å². The first-order valence-corrected chi connectivity index (χ1v) is 8.20. The number of hydrogen-bond donors (Lipinski definition) is 2. The van der Waals surface area contributed by atoms with Crippen LogP contribution in [0.3, 0.4) is 0 Å². The van der Waals surface area contributed by atoms with Gasteiger partial charge in [0.15, 0.2) is 0 Å². The average molecular weight is 335 g/mol. The van der Waals surface area contributed by atoms with Gasteiger partial charge in [0.1, 0.15) is 0 Å². The lowest BCUT2D eigenvalue weighted by molar-refractivity contribution is 0.234. The molecular weight excluding hydrogens is 314 g/mol. The highest BCUT2D eigenvalue weighted by Crippen LogP contribution is 2.17. The lowest BCUT2D eigenvalue weighted by Gasteiger charge is -2.19. The molecule has 6 nitrogen and oxygen atoms in total. The predicted molar refractivity (Wildman–Crippen MR) is 96.3 cm³/mol. The monoisotopic (exact) mass is 335 g/mol. The normalized spacial score (nSPS) is 13.0. The van der Waals surface area contributed by atoms with E-state index in [4.69, 9.17) is 0 Å². The third kappa shape index (κ3) is 4.23. The third-order valence-electron chi connectivity index (χ3n) is 4.00. The fourth-order valence-corrected chi connectivity index (χ4v) is 2.59. The average Bonchev–Trinajstić information content (AvgIpc) is 3.17. The zero-order chi connectivity index (χ0) is 17.6. The minimum absolute atomic E-state index is 0.126. The van der Waals surface area contributed by atoms with E-state index in [0.29, 0.717) is 0 Å². The molecule has 0 bridgehead atoms. The second-order valence-corrected chi connectivity index (χ2v) is 5.88.